The number of rotatable bonds is 11. The Morgan fingerprint density at radius 1 is 1.02 bits per heavy atom. The second-order valence-corrected chi connectivity index (χ2v) is 12.6. The van der Waals surface area contributed by atoms with Gasteiger partial charge < -0.3 is 15.0 Å². The summed E-state index contributed by atoms with van der Waals surface area (Å²) < 4.78 is 48.0. The number of hydrogen-bond acceptors (Lipinski definition) is 5. The largest absolute Gasteiger partial charge is 0.495 e. The summed E-state index contributed by atoms with van der Waals surface area (Å²) in [4.78, 5) is 28.8. The molecule has 0 saturated heterocycles. The average molecular weight is 616 g/mol. The molecule has 0 heterocycles. The smallest absolute Gasteiger partial charge is 0.264 e. The molecule has 1 saturated carbocycles. The number of benzene rings is 3. The highest BCUT2D eigenvalue weighted by Gasteiger charge is 2.34. The summed E-state index contributed by atoms with van der Waals surface area (Å²) in [7, 11) is -2.89. The van der Waals surface area contributed by atoms with Crippen molar-refractivity contribution in [3.8, 4) is 5.75 Å². The summed E-state index contributed by atoms with van der Waals surface area (Å²) >= 11 is 6.26. The molecule has 0 spiro atoms. The summed E-state index contributed by atoms with van der Waals surface area (Å²) in [5, 5.41) is 3.30. The lowest BCUT2D eigenvalue weighted by atomic mass is 9.95. The second kappa shape index (κ2) is 14.0. The van der Waals surface area contributed by atoms with Crippen LogP contribution >= 0.6 is 11.6 Å². The number of methoxy groups -OCH3 is 1. The maximum absolute atomic E-state index is 14.1. The summed E-state index contributed by atoms with van der Waals surface area (Å²) in [6.45, 7) is 0.927. The van der Waals surface area contributed by atoms with Gasteiger partial charge in [0.2, 0.25) is 11.8 Å². The van der Waals surface area contributed by atoms with Crippen molar-refractivity contribution in [3.05, 3.63) is 89.2 Å². The monoisotopic (exact) mass is 615 g/mol. The number of nitrogens with zero attached hydrogens (tertiary/aromatic N) is 2. The number of ether oxygens (including phenoxy) is 1. The summed E-state index contributed by atoms with van der Waals surface area (Å²) in [6.07, 6.45) is 4.89. The van der Waals surface area contributed by atoms with Crippen molar-refractivity contribution < 1.29 is 27.1 Å². The fourth-order valence-corrected chi connectivity index (χ4v) is 6.63. The molecule has 0 aromatic heterocycles. The van der Waals surface area contributed by atoms with Crippen LogP contribution in [0.1, 0.15) is 44.6 Å². The SMILES string of the molecule is COc1ccc(Cl)cc1N(CC(=O)N(Cc1ccc(F)cc1)[C@H](C)C(=O)NC1CCCCC1)S(=O)(=O)c1ccccc1. The number of hydrogen-bond donors (Lipinski definition) is 1. The number of carbonyl (C=O) groups is 2. The second-order valence-electron chi connectivity index (χ2n) is 10.3. The summed E-state index contributed by atoms with van der Waals surface area (Å²) in [6, 6.07) is 16.9. The number of amides is 2. The van der Waals surface area contributed by atoms with E-state index in [1.54, 1.807) is 31.2 Å². The predicted molar refractivity (Wildman–Crippen MR) is 160 cm³/mol. The van der Waals surface area contributed by atoms with Gasteiger partial charge in [-0.2, -0.15) is 0 Å². The quantitative estimate of drug-likeness (QED) is 0.305. The molecule has 4 rings (SSSR count). The van der Waals surface area contributed by atoms with Crippen molar-refractivity contribution in [2.75, 3.05) is 18.0 Å². The third kappa shape index (κ3) is 7.60. The van der Waals surface area contributed by atoms with Gasteiger partial charge in [-0.25, -0.2) is 12.8 Å². The van der Waals surface area contributed by atoms with E-state index in [0.29, 0.717) is 5.56 Å². The molecule has 0 radical (unpaired) electrons. The van der Waals surface area contributed by atoms with Crippen LogP contribution in [0, 0.1) is 5.82 Å². The van der Waals surface area contributed by atoms with E-state index in [1.807, 2.05) is 0 Å². The predicted octanol–water partition coefficient (Wildman–Crippen LogP) is 5.55. The minimum atomic E-state index is -4.28. The molecule has 1 aliphatic carbocycles. The van der Waals surface area contributed by atoms with E-state index in [0.717, 1.165) is 36.4 Å². The third-order valence-corrected chi connectivity index (χ3v) is 9.41. The van der Waals surface area contributed by atoms with Crippen LogP contribution in [0.25, 0.3) is 0 Å². The molecule has 224 valence electrons. The van der Waals surface area contributed by atoms with Gasteiger partial charge in [0.25, 0.3) is 10.0 Å². The molecule has 2 amide bonds. The van der Waals surface area contributed by atoms with Crippen molar-refractivity contribution >= 4 is 39.1 Å². The third-order valence-electron chi connectivity index (χ3n) is 7.40. The molecule has 1 N–H and O–H groups in total. The van der Waals surface area contributed by atoms with E-state index >= 15 is 0 Å². The lowest BCUT2D eigenvalue weighted by molar-refractivity contribution is -0.139. The molecule has 1 fully saturated rings. The van der Waals surface area contributed by atoms with Crippen LogP contribution in [0.2, 0.25) is 5.02 Å². The van der Waals surface area contributed by atoms with E-state index in [4.69, 9.17) is 16.3 Å². The molecule has 42 heavy (non-hydrogen) atoms. The highest BCUT2D eigenvalue weighted by Crippen LogP contribution is 2.35. The molecular weight excluding hydrogens is 581 g/mol. The van der Waals surface area contributed by atoms with Crippen LogP contribution < -0.4 is 14.4 Å². The van der Waals surface area contributed by atoms with E-state index in [1.165, 1.54) is 60.5 Å². The van der Waals surface area contributed by atoms with Gasteiger partial charge in [0.15, 0.2) is 0 Å². The van der Waals surface area contributed by atoms with Crippen molar-refractivity contribution in [1.82, 2.24) is 10.2 Å². The van der Waals surface area contributed by atoms with Gasteiger partial charge in [0.05, 0.1) is 17.7 Å². The number of anilines is 1. The molecule has 1 aliphatic rings. The van der Waals surface area contributed by atoms with Crippen molar-refractivity contribution in [2.24, 2.45) is 0 Å². The molecule has 0 unspecified atom stereocenters. The number of carbonyl (C=O) groups excluding carboxylic acids is 2. The Bertz CT molecular complexity index is 1480. The first-order valence-electron chi connectivity index (χ1n) is 13.9. The molecule has 8 nitrogen and oxygen atoms in total. The van der Waals surface area contributed by atoms with Gasteiger partial charge in [0, 0.05) is 17.6 Å². The minimum absolute atomic E-state index is 0.0159. The van der Waals surface area contributed by atoms with E-state index in [9.17, 15) is 22.4 Å². The standard InChI is InChI=1S/C31H35ClFN3O5S/c1-22(31(38)34-26-9-5-3-6-10-26)35(20-23-13-16-25(33)17-14-23)30(37)21-36(28-19-24(32)15-18-29(28)41-2)42(39,40)27-11-7-4-8-12-27/h4,7-8,11-19,22,26H,3,5-6,9-10,20-21H2,1-2H3,(H,34,38)/t22-/m1/s1. The number of halogens is 2. The van der Waals surface area contributed by atoms with Crippen LogP contribution in [0.15, 0.2) is 77.7 Å². The molecule has 11 heteroatoms. The zero-order chi connectivity index (χ0) is 30.3. The molecular formula is C31H35ClFN3O5S. The Balaban J connectivity index is 1.71. The number of sulfonamides is 1. The first kappa shape index (κ1) is 31.3. The fraction of sp³-hybridized carbons (Fsp3) is 0.355. The summed E-state index contributed by atoms with van der Waals surface area (Å²) in [5.41, 5.74) is 0.656. The van der Waals surface area contributed by atoms with Crippen LogP contribution in [0.5, 0.6) is 5.75 Å². The van der Waals surface area contributed by atoms with Crippen LogP contribution in [0.4, 0.5) is 10.1 Å². The first-order valence-corrected chi connectivity index (χ1v) is 15.7. The Kier molecular flexibility index (Phi) is 10.5. The van der Waals surface area contributed by atoms with E-state index in [-0.39, 0.29) is 39.8 Å². The molecule has 3 aromatic carbocycles. The average Bonchev–Trinajstić information content (AvgIpc) is 3.00. The van der Waals surface area contributed by atoms with Crippen LogP contribution in [-0.2, 0) is 26.2 Å². The minimum Gasteiger partial charge on any atom is -0.495 e. The summed E-state index contributed by atoms with van der Waals surface area (Å²) in [5.74, 6) is -1.21. The van der Waals surface area contributed by atoms with Crippen LogP contribution in [-0.4, -0.2) is 50.9 Å². The van der Waals surface area contributed by atoms with Gasteiger partial charge in [-0.05, 0) is 67.8 Å². The van der Waals surface area contributed by atoms with Gasteiger partial charge in [-0.3, -0.25) is 13.9 Å². The Hall–Kier alpha value is -3.63. The maximum Gasteiger partial charge on any atom is 0.264 e. The van der Waals surface area contributed by atoms with Gasteiger partial charge in [-0.15, -0.1) is 0 Å². The highest BCUT2D eigenvalue weighted by molar-refractivity contribution is 7.92. The molecule has 0 aliphatic heterocycles. The highest BCUT2D eigenvalue weighted by atomic mass is 35.5. The Labute approximate surface area is 251 Å². The van der Waals surface area contributed by atoms with Crippen molar-refractivity contribution in [2.45, 2.75) is 62.6 Å². The maximum atomic E-state index is 14.1. The van der Waals surface area contributed by atoms with Crippen LogP contribution in [0.3, 0.4) is 0 Å². The van der Waals surface area contributed by atoms with Crippen molar-refractivity contribution in [3.63, 3.8) is 0 Å². The van der Waals surface area contributed by atoms with E-state index in [2.05, 4.69) is 5.32 Å². The normalized spacial score (nSPS) is 14.6. The topological polar surface area (TPSA) is 96.0 Å². The zero-order valence-corrected chi connectivity index (χ0v) is 25.2. The van der Waals surface area contributed by atoms with Gasteiger partial charge in [0.1, 0.15) is 24.2 Å². The first-order chi connectivity index (χ1) is 20.1. The van der Waals surface area contributed by atoms with Crippen molar-refractivity contribution in [1.29, 1.82) is 0 Å². The van der Waals surface area contributed by atoms with E-state index < -0.39 is 34.3 Å². The molecule has 3 aromatic rings. The zero-order valence-electron chi connectivity index (χ0n) is 23.6. The van der Waals surface area contributed by atoms with Gasteiger partial charge in [-0.1, -0.05) is 61.2 Å². The lowest BCUT2D eigenvalue weighted by Crippen LogP contribution is -2.53. The molecule has 0 bridgehead atoms. The number of nitrogens with one attached hydrogen (secondary N) is 1. The Morgan fingerprint density at radius 3 is 2.33 bits per heavy atom. The van der Waals surface area contributed by atoms with Gasteiger partial charge >= 0.3 is 0 Å². The molecule has 1 atom stereocenters. The Morgan fingerprint density at radius 2 is 1.69 bits per heavy atom. The fourth-order valence-electron chi connectivity index (χ4n) is 5.03. The lowest BCUT2D eigenvalue weighted by Gasteiger charge is -2.33.